The summed E-state index contributed by atoms with van der Waals surface area (Å²) in [6.45, 7) is 18.7. The number of aromatic nitrogens is 1. The number of fused-ring (bicyclic) bond motifs is 4. The van der Waals surface area contributed by atoms with Crippen LogP contribution in [0.2, 0.25) is 0 Å². The van der Waals surface area contributed by atoms with Crippen molar-refractivity contribution in [3.05, 3.63) is 150 Å². The van der Waals surface area contributed by atoms with E-state index in [2.05, 4.69) is 187 Å². The first-order chi connectivity index (χ1) is 25.4. The number of benzene rings is 9. The number of nitrogens with zero attached hydrogens (tertiary/aromatic N) is 1. The highest BCUT2D eigenvalue weighted by molar-refractivity contribution is 6.25. The Bertz CT molecular complexity index is 3120. The van der Waals surface area contributed by atoms with Crippen LogP contribution in [0.3, 0.4) is 0 Å². The lowest BCUT2D eigenvalue weighted by molar-refractivity contribution is 0.593. The molecule has 1 heterocycles. The predicted molar refractivity (Wildman–Crippen MR) is 232 cm³/mol. The van der Waals surface area contributed by atoms with E-state index in [-0.39, 0.29) is 10.8 Å². The first-order valence-electron chi connectivity index (χ1n) is 19.1. The number of hydrogen-bond acceptors (Lipinski definition) is 0. The summed E-state index contributed by atoms with van der Waals surface area (Å²) in [6.07, 6.45) is 0. The quantitative estimate of drug-likeness (QED) is 0.126. The van der Waals surface area contributed by atoms with Crippen LogP contribution in [0.4, 0.5) is 0 Å². The van der Waals surface area contributed by atoms with Crippen molar-refractivity contribution in [2.24, 2.45) is 0 Å². The first kappa shape index (κ1) is 32.0. The van der Waals surface area contributed by atoms with Gasteiger partial charge in [-0.05, 0) is 147 Å². The van der Waals surface area contributed by atoms with Crippen molar-refractivity contribution in [1.29, 1.82) is 0 Å². The minimum absolute atomic E-state index is 0.00218. The molecule has 10 aromatic rings. The largest absolute Gasteiger partial charge is 0.314 e. The summed E-state index contributed by atoms with van der Waals surface area (Å²) in [5.41, 5.74) is 10.5. The Balaban J connectivity index is 1.18. The Morgan fingerprint density at radius 2 is 1.00 bits per heavy atom. The van der Waals surface area contributed by atoms with Gasteiger partial charge in [0.1, 0.15) is 0 Å². The molecule has 0 amide bonds. The predicted octanol–water partition coefficient (Wildman–Crippen LogP) is 14.9. The van der Waals surface area contributed by atoms with E-state index >= 15 is 0 Å². The zero-order valence-corrected chi connectivity index (χ0v) is 32.1. The van der Waals surface area contributed by atoms with Crippen LogP contribution in [0.25, 0.3) is 92.4 Å². The highest BCUT2D eigenvalue weighted by Gasteiger charge is 2.28. The average molecular weight is 684 g/mol. The van der Waals surface area contributed by atoms with E-state index in [0.29, 0.717) is 0 Å². The molecule has 0 spiro atoms. The normalized spacial score (nSPS) is 12.9. The second-order valence-corrected chi connectivity index (χ2v) is 17.5. The van der Waals surface area contributed by atoms with Gasteiger partial charge in [0.2, 0.25) is 0 Å². The van der Waals surface area contributed by atoms with Crippen molar-refractivity contribution >= 4 is 75.5 Å². The maximum absolute atomic E-state index is 2.50. The standard InChI is InChI=1S/C52H45N/c1-30-31(2)53(38-22-25-43-45(29-38)50(52(6,7)8)42-15-10-9-14-41(42)49(43)51(3,4)5)46-28-35-18-19-36(26-37(35)27-44(30)46)39-23-20-34-17-16-32-12-11-13-33-21-24-40(39)48(34)47(32)33/h9-29H,1-8H3. The molecule has 0 saturated heterocycles. The van der Waals surface area contributed by atoms with E-state index in [1.54, 1.807) is 0 Å². The van der Waals surface area contributed by atoms with Gasteiger partial charge in [-0.3, -0.25) is 0 Å². The molecule has 0 bridgehead atoms. The molecule has 0 N–H and O–H groups in total. The van der Waals surface area contributed by atoms with Crippen LogP contribution in [0.5, 0.6) is 0 Å². The van der Waals surface area contributed by atoms with Gasteiger partial charge in [-0.15, -0.1) is 0 Å². The molecule has 10 rings (SSSR count). The van der Waals surface area contributed by atoms with Gasteiger partial charge >= 0.3 is 0 Å². The van der Waals surface area contributed by atoms with E-state index in [4.69, 9.17) is 0 Å². The number of hydrogen-bond donors (Lipinski definition) is 0. The third-order valence-corrected chi connectivity index (χ3v) is 12.1. The first-order valence-corrected chi connectivity index (χ1v) is 19.1. The fourth-order valence-electron chi connectivity index (χ4n) is 9.72. The van der Waals surface area contributed by atoms with Crippen LogP contribution < -0.4 is 0 Å². The van der Waals surface area contributed by atoms with Gasteiger partial charge in [0.25, 0.3) is 0 Å². The van der Waals surface area contributed by atoms with Crippen molar-refractivity contribution in [1.82, 2.24) is 4.57 Å². The average Bonchev–Trinajstić information content (AvgIpc) is 3.37. The SMILES string of the molecule is Cc1c(C)n(-c2ccc3c(C(C)(C)C)c4ccccc4c(C(C)(C)C)c3c2)c2cc3ccc(-c4ccc5ccc6cccc7ccc4c5c67)cc3cc12. The van der Waals surface area contributed by atoms with Gasteiger partial charge in [-0.1, -0.05) is 139 Å². The Morgan fingerprint density at radius 3 is 1.70 bits per heavy atom. The molecule has 1 aromatic heterocycles. The molecule has 0 saturated carbocycles. The minimum Gasteiger partial charge on any atom is -0.314 e. The maximum Gasteiger partial charge on any atom is 0.0540 e. The molecule has 1 nitrogen and oxygen atoms in total. The van der Waals surface area contributed by atoms with Crippen molar-refractivity contribution in [2.75, 3.05) is 0 Å². The molecule has 0 aliphatic carbocycles. The van der Waals surface area contributed by atoms with Gasteiger partial charge in [-0.2, -0.15) is 0 Å². The lowest BCUT2D eigenvalue weighted by Crippen LogP contribution is -2.17. The van der Waals surface area contributed by atoms with Crippen molar-refractivity contribution < 1.29 is 0 Å². The van der Waals surface area contributed by atoms with Crippen molar-refractivity contribution in [3.63, 3.8) is 0 Å². The summed E-state index contributed by atoms with van der Waals surface area (Å²) in [4.78, 5) is 0. The molecule has 0 fully saturated rings. The second-order valence-electron chi connectivity index (χ2n) is 17.5. The summed E-state index contributed by atoms with van der Waals surface area (Å²) in [6, 6.07) is 48.5. The molecule has 0 aliphatic heterocycles. The molecular weight excluding hydrogens is 639 g/mol. The molecule has 0 radical (unpaired) electrons. The Hall–Kier alpha value is -5.66. The van der Waals surface area contributed by atoms with Crippen LogP contribution in [0.1, 0.15) is 63.9 Å². The monoisotopic (exact) mass is 683 g/mol. The topological polar surface area (TPSA) is 4.93 Å². The lowest BCUT2D eigenvalue weighted by Gasteiger charge is -2.30. The molecule has 0 atom stereocenters. The summed E-state index contributed by atoms with van der Waals surface area (Å²) >= 11 is 0. The van der Waals surface area contributed by atoms with E-state index in [1.165, 1.54) is 115 Å². The Kier molecular flexibility index (Phi) is 6.61. The van der Waals surface area contributed by atoms with Gasteiger partial charge in [0.15, 0.2) is 0 Å². The van der Waals surface area contributed by atoms with Crippen LogP contribution >= 0.6 is 0 Å². The van der Waals surface area contributed by atoms with Gasteiger partial charge < -0.3 is 4.57 Å². The molecule has 258 valence electrons. The highest BCUT2D eigenvalue weighted by atomic mass is 15.0. The number of aryl methyl sites for hydroxylation is 1. The lowest BCUT2D eigenvalue weighted by atomic mass is 9.74. The Labute approximate surface area is 311 Å². The molecule has 53 heavy (non-hydrogen) atoms. The third-order valence-electron chi connectivity index (χ3n) is 12.1. The fourth-order valence-corrected chi connectivity index (χ4v) is 9.72. The summed E-state index contributed by atoms with van der Waals surface area (Å²) < 4.78 is 2.50. The van der Waals surface area contributed by atoms with Crippen LogP contribution in [-0.2, 0) is 10.8 Å². The highest BCUT2D eigenvalue weighted by Crippen LogP contribution is 2.45. The zero-order chi connectivity index (χ0) is 36.6. The van der Waals surface area contributed by atoms with Crippen LogP contribution in [0.15, 0.2) is 127 Å². The van der Waals surface area contributed by atoms with Gasteiger partial charge in [-0.25, -0.2) is 0 Å². The minimum atomic E-state index is -0.0286. The van der Waals surface area contributed by atoms with Crippen molar-refractivity contribution in [3.8, 4) is 16.8 Å². The van der Waals surface area contributed by atoms with Crippen molar-refractivity contribution in [2.45, 2.75) is 66.2 Å². The molecule has 1 heteroatoms. The second kappa shape index (κ2) is 10.9. The summed E-state index contributed by atoms with van der Waals surface area (Å²) in [5.74, 6) is 0. The van der Waals surface area contributed by atoms with Gasteiger partial charge in [0, 0.05) is 16.8 Å². The summed E-state index contributed by atoms with van der Waals surface area (Å²) in [5, 5.41) is 17.3. The number of rotatable bonds is 2. The molecular formula is C52H45N. The van der Waals surface area contributed by atoms with E-state index < -0.39 is 0 Å². The Morgan fingerprint density at radius 1 is 0.415 bits per heavy atom. The van der Waals surface area contributed by atoms with Crippen LogP contribution in [0, 0.1) is 13.8 Å². The molecule has 0 unspecified atom stereocenters. The van der Waals surface area contributed by atoms with E-state index in [1.807, 2.05) is 0 Å². The van der Waals surface area contributed by atoms with E-state index in [9.17, 15) is 0 Å². The smallest absolute Gasteiger partial charge is 0.0540 e. The molecule has 9 aromatic carbocycles. The molecule has 0 aliphatic rings. The third kappa shape index (κ3) is 4.63. The van der Waals surface area contributed by atoms with Crippen LogP contribution in [-0.4, -0.2) is 4.57 Å². The van der Waals surface area contributed by atoms with Gasteiger partial charge in [0.05, 0.1) is 5.52 Å². The van der Waals surface area contributed by atoms with E-state index in [0.717, 1.165) is 0 Å². The summed E-state index contributed by atoms with van der Waals surface area (Å²) in [7, 11) is 0. The maximum atomic E-state index is 2.50. The fraction of sp³-hybridized carbons (Fsp3) is 0.192. The zero-order valence-electron chi connectivity index (χ0n) is 32.1.